The number of nitrogens with zero attached hydrogens (tertiary/aromatic N) is 6. The maximum absolute atomic E-state index is 5.67. The first-order chi connectivity index (χ1) is 18.6. The molecule has 3 aromatic heterocycles. The number of benzene rings is 1. The van der Waals surface area contributed by atoms with Crippen LogP contribution >= 0.6 is 11.9 Å². The molecule has 1 unspecified atom stereocenters. The third-order valence-electron chi connectivity index (χ3n) is 5.32. The first kappa shape index (κ1) is 28.7. The molecule has 38 heavy (non-hydrogen) atoms. The van der Waals surface area contributed by atoms with Crippen LogP contribution in [0.15, 0.2) is 48.8 Å². The second-order valence-electron chi connectivity index (χ2n) is 7.63. The standard InChI is InChI=1S/C24H28N8O3S.C2H6/c1-15-12-26-22(27-13-15)17(25-2)14-36-31-24-30-29-23(16-8-6-11-20(28-16)35-5)32(24)21-18(33-3)9-7-10-19(21)34-4;1-2/h6-13,17,25H,14H2,1-5H3,(H,30,31);1-2H3. The Morgan fingerprint density at radius 2 is 1.58 bits per heavy atom. The highest BCUT2D eigenvalue weighted by Gasteiger charge is 2.24. The summed E-state index contributed by atoms with van der Waals surface area (Å²) in [5, 5.41) is 12.1. The number of methoxy groups -OCH3 is 3. The van der Waals surface area contributed by atoms with E-state index < -0.39 is 0 Å². The number of pyridine rings is 1. The van der Waals surface area contributed by atoms with Crippen molar-refractivity contribution in [2.45, 2.75) is 26.8 Å². The number of hydrogen-bond donors (Lipinski definition) is 2. The fraction of sp³-hybridized carbons (Fsp3) is 0.346. The molecular weight excluding hydrogens is 504 g/mol. The summed E-state index contributed by atoms with van der Waals surface area (Å²) in [6, 6.07) is 10.9. The predicted molar refractivity (Wildman–Crippen MR) is 150 cm³/mol. The molecule has 1 atom stereocenters. The van der Waals surface area contributed by atoms with Crippen molar-refractivity contribution in [1.82, 2.24) is 35.0 Å². The van der Waals surface area contributed by atoms with Crippen molar-refractivity contribution >= 4 is 17.9 Å². The first-order valence-electron chi connectivity index (χ1n) is 12.1. The summed E-state index contributed by atoms with van der Waals surface area (Å²) >= 11 is 1.45. The van der Waals surface area contributed by atoms with Crippen LogP contribution in [0.2, 0.25) is 0 Å². The molecule has 0 saturated heterocycles. The molecule has 4 rings (SSSR count). The minimum Gasteiger partial charge on any atom is -0.494 e. The average molecular weight is 539 g/mol. The molecule has 12 heteroatoms. The van der Waals surface area contributed by atoms with Crippen molar-refractivity contribution in [1.29, 1.82) is 0 Å². The molecule has 0 aliphatic rings. The molecular formula is C26H34N8O3S. The molecule has 11 nitrogen and oxygen atoms in total. The third-order valence-corrected chi connectivity index (χ3v) is 6.15. The van der Waals surface area contributed by atoms with Crippen LogP contribution in [0.1, 0.15) is 31.3 Å². The fourth-order valence-corrected chi connectivity index (χ4v) is 4.32. The summed E-state index contributed by atoms with van der Waals surface area (Å²) in [5.41, 5.74) is 2.23. The van der Waals surface area contributed by atoms with Gasteiger partial charge in [-0.2, -0.15) is 0 Å². The highest BCUT2D eigenvalue weighted by molar-refractivity contribution is 8.00. The Morgan fingerprint density at radius 3 is 2.18 bits per heavy atom. The van der Waals surface area contributed by atoms with E-state index in [1.807, 2.05) is 75.1 Å². The number of aromatic nitrogens is 6. The summed E-state index contributed by atoms with van der Waals surface area (Å²) in [6.07, 6.45) is 3.62. The van der Waals surface area contributed by atoms with E-state index >= 15 is 0 Å². The van der Waals surface area contributed by atoms with E-state index in [4.69, 9.17) is 14.2 Å². The quantitative estimate of drug-likeness (QED) is 0.263. The molecule has 3 heterocycles. The van der Waals surface area contributed by atoms with Crippen LogP contribution in [0.5, 0.6) is 17.4 Å². The maximum atomic E-state index is 5.67. The van der Waals surface area contributed by atoms with Crippen LogP contribution in [0.4, 0.5) is 5.95 Å². The van der Waals surface area contributed by atoms with Crippen LogP contribution < -0.4 is 24.2 Å². The average Bonchev–Trinajstić information content (AvgIpc) is 3.39. The van der Waals surface area contributed by atoms with Crippen molar-refractivity contribution < 1.29 is 14.2 Å². The van der Waals surface area contributed by atoms with Crippen LogP contribution in [0.3, 0.4) is 0 Å². The van der Waals surface area contributed by atoms with Crippen LogP contribution in [-0.2, 0) is 0 Å². The Hall–Kier alpha value is -3.90. The zero-order chi connectivity index (χ0) is 27.5. The smallest absolute Gasteiger partial charge is 0.239 e. The largest absolute Gasteiger partial charge is 0.494 e. The summed E-state index contributed by atoms with van der Waals surface area (Å²) in [5.74, 6) is 3.95. The van der Waals surface area contributed by atoms with Crippen LogP contribution in [-0.4, -0.2) is 63.8 Å². The molecule has 0 spiro atoms. The van der Waals surface area contributed by atoms with Gasteiger partial charge in [0.2, 0.25) is 11.8 Å². The van der Waals surface area contributed by atoms with Gasteiger partial charge in [-0.3, -0.25) is 9.29 Å². The molecule has 0 radical (unpaired) electrons. The number of aryl methyl sites for hydroxylation is 1. The topological polar surface area (TPSA) is 121 Å². The van der Waals surface area contributed by atoms with Gasteiger partial charge in [-0.05, 0) is 49.7 Å². The first-order valence-corrected chi connectivity index (χ1v) is 13.1. The molecule has 0 bridgehead atoms. The van der Waals surface area contributed by atoms with Crippen molar-refractivity contribution in [3.8, 4) is 34.6 Å². The predicted octanol–water partition coefficient (Wildman–Crippen LogP) is 4.50. The van der Waals surface area contributed by atoms with Gasteiger partial charge in [0, 0.05) is 24.2 Å². The molecule has 0 aliphatic carbocycles. The van der Waals surface area contributed by atoms with E-state index in [9.17, 15) is 0 Å². The highest BCUT2D eigenvalue weighted by atomic mass is 32.2. The number of rotatable bonds is 11. The summed E-state index contributed by atoms with van der Waals surface area (Å²) < 4.78 is 21.8. The lowest BCUT2D eigenvalue weighted by Crippen LogP contribution is -2.22. The van der Waals surface area contributed by atoms with Crippen molar-refractivity contribution in [3.05, 3.63) is 60.2 Å². The Morgan fingerprint density at radius 1 is 0.921 bits per heavy atom. The lowest BCUT2D eigenvalue weighted by atomic mass is 10.2. The van der Waals surface area contributed by atoms with Crippen molar-refractivity contribution in [2.24, 2.45) is 0 Å². The number of para-hydroxylation sites is 1. The van der Waals surface area contributed by atoms with Gasteiger partial charge < -0.3 is 19.5 Å². The van der Waals surface area contributed by atoms with E-state index in [1.165, 1.54) is 11.9 Å². The zero-order valence-electron chi connectivity index (χ0n) is 22.7. The number of hydrogen-bond acceptors (Lipinski definition) is 11. The Balaban J connectivity index is 0.00000195. The molecule has 1 aromatic carbocycles. The minimum absolute atomic E-state index is 0.0696. The monoisotopic (exact) mass is 538 g/mol. The van der Waals surface area contributed by atoms with Gasteiger partial charge in [0.25, 0.3) is 0 Å². The number of ether oxygens (including phenoxy) is 3. The van der Waals surface area contributed by atoms with Gasteiger partial charge in [0.15, 0.2) is 5.82 Å². The minimum atomic E-state index is -0.0696. The third kappa shape index (κ3) is 6.50. The number of anilines is 1. The second-order valence-corrected chi connectivity index (χ2v) is 8.46. The normalized spacial score (nSPS) is 11.2. The second kappa shape index (κ2) is 14.1. The lowest BCUT2D eigenvalue weighted by molar-refractivity contribution is 0.391. The van der Waals surface area contributed by atoms with Crippen molar-refractivity contribution in [2.75, 3.05) is 38.9 Å². The van der Waals surface area contributed by atoms with E-state index in [1.54, 1.807) is 27.4 Å². The fourth-order valence-electron chi connectivity index (χ4n) is 3.49. The van der Waals surface area contributed by atoms with Gasteiger partial charge in [-0.25, -0.2) is 15.0 Å². The molecule has 0 fully saturated rings. The van der Waals surface area contributed by atoms with Gasteiger partial charge in [-0.15, -0.1) is 10.2 Å². The van der Waals surface area contributed by atoms with E-state index in [-0.39, 0.29) is 6.04 Å². The molecule has 0 saturated carbocycles. The maximum Gasteiger partial charge on any atom is 0.239 e. The zero-order valence-corrected chi connectivity index (χ0v) is 23.5. The summed E-state index contributed by atoms with van der Waals surface area (Å²) in [4.78, 5) is 13.4. The van der Waals surface area contributed by atoms with Gasteiger partial charge in [-0.1, -0.05) is 26.0 Å². The SMILES string of the molecule is CC.CNC(CSNc1nnc(-c2cccc(OC)n2)n1-c1c(OC)cccc1OC)c1ncc(C)cn1. The Bertz CT molecular complexity index is 1280. The molecule has 4 aromatic rings. The van der Waals surface area contributed by atoms with E-state index in [0.29, 0.717) is 52.1 Å². The Labute approximate surface area is 227 Å². The van der Waals surface area contributed by atoms with Crippen LogP contribution in [0, 0.1) is 6.92 Å². The van der Waals surface area contributed by atoms with Gasteiger partial charge in [0.1, 0.15) is 28.7 Å². The molecule has 0 aliphatic heterocycles. The van der Waals surface area contributed by atoms with Gasteiger partial charge in [0.05, 0.1) is 27.4 Å². The van der Waals surface area contributed by atoms with Gasteiger partial charge >= 0.3 is 0 Å². The summed E-state index contributed by atoms with van der Waals surface area (Å²) in [6.45, 7) is 5.96. The molecule has 0 amide bonds. The lowest BCUT2D eigenvalue weighted by Gasteiger charge is -2.18. The van der Waals surface area contributed by atoms with Crippen LogP contribution in [0.25, 0.3) is 17.2 Å². The van der Waals surface area contributed by atoms with Crippen molar-refractivity contribution in [3.63, 3.8) is 0 Å². The molecule has 2 N–H and O–H groups in total. The highest BCUT2D eigenvalue weighted by Crippen LogP contribution is 2.38. The summed E-state index contributed by atoms with van der Waals surface area (Å²) in [7, 11) is 6.66. The number of nitrogens with one attached hydrogen (secondary N) is 2. The Kier molecular flexibility index (Phi) is 10.7. The molecule has 202 valence electrons. The van der Waals surface area contributed by atoms with E-state index in [2.05, 4.69) is 35.2 Å². The van der Waals surface area contributed by atoms with E-state index in [0.717, 1.165) is 5.56 Å².